The molecular weight excluding hydrogens is 268 g/mol. The van der Waals surface area contributed by atoms with Crippen molar-refractivity contribution in [1.29, 1.82) is 0 Å². The molecule has 0 aliphatic heterocycles. The maximum absolute atomic E-state index is 11.8. The molecular formula is C15H16N4O2. The first kappa shape index (κ1) is 13.4. The predicted octanol–water partition coefficient (Wildman–Crippen LogP) is 1.04. The lowest BCUT2D eigenvalue weighted by molar-refractivity contribution is 0.826. The molecule has 0 fully saturated rings. The van der Waals surface area contributed by atoms with Gasteiger partial charge in [0.1, 0.15) is 11.3 Å². The number of aromatic nitrogens is 4. The van der Waals surface area contributed by atoms with E-state index in [0.29, 0.717) is 23.4 Å². The van der Waals surface area contributed by atoms with Crippen LogP contribution in [0.3, 0.4) is 0 Å². The normalized spacial score (nSPS) is 11.1. The van der Waals surface area contributed by atoms with E-state index in [0.717, 1.165) is 6.42 Å². The van der Waals surface area contributed by atoms with Gasteiger partial charge in [0.25, 0.3) is 5.56 Å². The summed E-state index contributed by atoms with van der Waals surface area (Å²) in [6, 6.07) is 8.17. The monoisotopic (exact) mass is 284 g/mol. The second-order valence-electron chi connectivity index (χ2n) is 5.13. The van der Waals surface area contributed by atoms with Crippen molar-refractivity contribution in [2.75, 3.05) is 0 Å². The molecule has 0 unspecified atom stereocenters. The van der Waals surface area contributed by atoms with E-state index in [1.54, 1.807) is 7.05 Å². The lowest BCUT2D eigenvalue weighted by atomic mass is 10.0. The summed E-state index contributed by atoms with van der Waals surface area (Å²) in [5.41, 5.74) is 2.34. The van der Waals surface area contributed by atoms with E-state index in [-0.39, 0.29) is 0 Å². The average Bonchev–Trinajstić information content (AvgIpc) is 2.89. The average molecular weight is 284 g/mol. The molecule has 0 aliphatic rings. The third-order valence-corrected chi connectivity index (χ3v) is 3.70. The molecule has 0 atom stereocenters. The van der Waals surface area contributed by atoms with E-state index < -0.39 is 11.2 Å². The van der Waals surface area contributed by atoms with Gasteiger partial charge in [-0.15, -0.1) is 0 Å². The summed E-state index contributed by atoms with van der Waals surface area (Å²) in [5.74, 6) is 0.708. The van der Waals surface area contributed by atoms with Gasteiger partial charge in [-0.25, -0.2) is 9.78 Å². The van der Waals surface area contributed by atoms with Crippen molar-refractivity contribution in [3.8, 4) is 0 Å². The highest BCUT2D eigenvalue weighted by atomic mass is 16.2. The van der Waals surface area contributed by atoms with Crippen molar-refractivity contribution >= 4 is 11.2 Å². The quantitative estimate of drug-likeness (QED) is 0.754. The predicted molar refractivity (Wildman–Crippen MR) is 80.5 cm³/mol. The van der Waals surface area contributed by atoms with Crippen molar-refractivity contribution in [2.45, 2.75) is 19.8 Å². The van der Waals surface area contributed by atoms with Crippen LogP contribution >= 0.6 is 0 Å². The van der Waals surface area contributed by atoms with Gasteiger partial charge in [-0.05, 0) is 24.5 Å². The summed E-state index contributed by atoms with van der Waals surface area (Å²) < 4.78 is 1.34. The number of imidazole rings is 1. The highest BCUT2D eigenvalue weighted by Gasteiger charge is 2.10. The molecule has 0 aliphatic carbocycles. The van der Waals surface area contributed by atoms with Crippen molar-refractivity contribution in [3.63, 3.8) is 0 Å². The molecule has 2 N–H and O–H groups in total. The Kier molecular flexibility index (Phi) is 3.21. The van der Waals surface area contributed by atoms with Gasteiger partial charge >= 0.3 is 5.69 Å². The second-order valence-corrected chi connectivity index (χ2v) is 5.13. The minimum absolute atomic E-state index is 0.344. The standard InChI is InChI=1S/C15H16N4O2/c1-9-5-3-4-6-10(9)7-8-11-16-12-13(17-11)19(2)15(21)18-14(12)20/h3-6H,7-8H2,1-2H3,(H,16,17)(H,18,20,21). The number of nitrogens with zero attached hydrogens (tertiary/aromatic N) is 2. The van der Waals surface area contributed by atoms with Gasteiger partial charge in [-0.2, -0.15) is 0 Å². The molecule has 3 aromatic rings. The third kappa shape index (κ3) is 2.40. The number of fused-ring (bicyclic) bond motifs is 1. The highest BCUT2D eigenvalue weighted by Crippen LogP contribution is 2.11. The van der Waals surface area contributed by atoms with Crippen LogP contribution in [0.1, 0.15) is 17.0 Å². The molecule has 0 amide bonds. The highest BCUT2D eigenvalue weighted by molar-refractivity contribution is 5.69. The van der Waals surface area contributed by atoms with Crippen molar-refractivity contribution in [2.24, 2.45) is 7.05 Å². The first-order chi connectivity index (χ1) is 10.1. The van der Waals surface area contributed by atoms with E-state index in [9.17, 15) is 9.59 Å². The van der Waals surface area contributed by atoms with Crippen molar-refractivity contribution in [3.05, 3.63) is 62.1 Å². The van der Waals surface area contributed by atoms with Crippen LogP contribution in [0.5, 0.6) is 0 Å². The van der Waals surface area contributed by atoms with Crippen LogP contribution < -0.4 is 11.2 Å². The van der Waals surface area contributed by atoms with Gasteiger partial charge in [0.15, 0.2) is 5.65 Å². The molecule has 0 saturated carbocycles. The summed E-state index contributed by atoms with van der Waals surface area (Å²) in [5, 5.41) is 0. The summed E-state index contributed by atoms with van der Waals surface area (Å²) in [7, 11) is 1.59. The van der Waals surface area contributed by atoms with E-state index in [1.807, 2.05) is 12.1 Å². The number of nitrogens with one attached hydrogen (secondary N) is 2. The van der Waals surface area contributed by atoms with Crippen LogP contribution in [0.25, 0.3) is 11.2 Å². The Hall–Kier alpha value is -2.63. The number of H-pyrrole nitrogens is 2. The number of aromatic amines is 2. The molecule has 6 heteroatoms. The number of benzene rings is 1. The second kappa shape index (κ2) is 5.05. The molecule has 0 bridgehead atoms. The minimum atomic E-state index is -0.454. The minimum Gasteiger partial charge on any atom is -0.336 e. The van der Waals surface area contributed by atoms with Crippen molar-refractivity contribution < 1.29 is 0 Å². The summed E-state index contributed by atoms with van der Waals surface area (Å²) >= 11 is 0. The molecule has 2 heterocycles. The van der Waals surface area contributed by atoms with Gasteiger partial charge < -0.3 is 4.98 Å². The molecule has 6 nitrogen and oxygen atoms in total. The summed E-state index contributed by atoms with van der Waals surface area (Å²) in [4.78, 5) is 32.9. The van der Waals surface area contributed by atoms with Gasteiger partial charge in [-0.3, -0.25) is 14.3 Å². The smallest absolute Gasteiger partial charge is 0.329 e. The zero-order valence-electron chi connectivity index (χ0n) is 11.9. The van der Waals surface area contributed by atoms with Gasteiger partial charge in [0, 0.05) is 13.5 Å². The van der Waals surface area contributed by atoms with E-state index >= 15 is 0 Å². The van der Waals surface area contributed by atoms with E-state index in [1.165, 1.54) is 15.7 Å². The summed E-state index contributed by atoms with van der Waals surface area (Å²) in [6.07, 6.45) is 1.52. The topological polar surface area (TPSA) is 83.5 Å². The Morgan fingerprint density at radius 1 is 1.14 bits per heavy atom. The van der Waals surface area contributed by atoms with Crippen LogP contribution in [0.15, 0.2) is 33.9 Å². The van der Waals surface area contributed by atoms with E-state index in [4.69, 9.17) is 0 Å². The maximum atomic E-state index is 11.8. The SMILES string of the molecule is Cc1ccccc1CCc1nc2c([nH]1)c(=O)[nH]c(=O)n2C. The van der Waals surface area contributed by atoms with Gasteiger partial charge in [0.05, 0.1) is 0 Å². The first-order valence-electron chi connectivity index (χ1n) is 6.78. The number of aryl methyl sites for hydroxylation is 4. The molecule has 3 rings (SSSR count). The molecule has 21 heavy (non-hydrogen) atoms. The molecule has 0 radical (unpaired) electrons. The fourth-order valence-corrected chi connectivity index (χ4v) is 2.41. The zero-order valence-corrected chi connectivity index (χ0v) is 11.9. The maximum Gasteiger partial charge on any atom is 0.329 e. The zero-order chi connectivity index (χ0) is 15.0. The number of rotatable bonds is 3. The molecule has 1 aromatic carbocycles. The fraction of sp³-hybridized carbons (Fsp3) is 0.267. The van der Waals surface area contributed by atoms with Crippen LogP contribution in [-0.4, -0.2) is 19.5 Å². The third-order valence-electron chi connectivity index (χ3n) is 3.70. The van der Waals surface area contributed by atoms with Crippen LogP contribution in [0, 0.1) is 6.92 Å². The van der Waals surface area contributed by atoms with E-state index in [2.05, 4.69) is 34.0 Å². The Balaban J connectivity index is 1.94. The Morgan fingerprint density at radius 3 is 2.67 bits per heavy atom. The molecule has 0 saturated heterocycles. The number of hydrogen-bond acceptors (Lipinski definition) is 3. The molecule has 2 aromatic heterocycles. The Morgan fingerprint density at radius 2 is 1.90 bits per heavy atom. The Labute approximate surface area is 120 Å². The van der Waals surface area contributed by atoms with Gasteiger partial charge in [-0.1, -0.05) is 24.3 Å². The first-order valence-corrected chi connectivity index (χ1v) is 6.78. The molecule has 0 spiro atoms. The fourth-order valence-electron chi connectivity index (χ4n) is 2.41. The van der Waals surface area contributed by atoms with Crippen LogP contribution in [0.2, 0.25) is 0 Å². The largest absolute Gasteiger partial charge is 0.336 e. The lowest BCUT2D eigenvalue weighted by Gasteiger charge is -2.03. The van der Waals surface area contributed by atoms with Crippen LogP contribution in [-0.2, 0) is 19.9 Å². The number of hydrogen-bond donors (Lipinski definition) is 2. The van der Waals surface area contributed by atoms with Crippen LogP contribution in [0.4, 0.5) is 0 Å². The lowest BCUT2D eigenvalue weighted by Crippen LogP contribution is -2.28. The summed E-state index contributed by atoms with van der Waals surface area (Å²) in [6.45, 7) is 2.07. The molecule has 108 valence electrons. The van der Waals surface area contributed by atoms with Gasteiger partial charge in [0.2, 0.25) is 0 Å². The Bertz CT molecular complexity index is 917. The van der Waals surface area contributed by atoms with Crippen molar-refractivity contribution in [1.82, 2.24) is 19.5 Å².